The Kier molecular flexibility index (Phi) is 3.09. The zero-order valence-corrected chi connectivity index (χ0v) is 12.3. The van der Waals surface area contributed by atoms with E-state index >= 15 is 0 Å². The zero-order valence-electron chi connectivity index (χ0n) is 9.35. The Morgan fingerprint density at radius 2 is 2.00 bits per heavy atom. The van der Waals surface area contributed by atoms with E-state index in [4.69, 9.17) is 5.73 Å². The average Bonchev–Trinajstić information content (AvgIpc) is 2.73. The molecule has 0 atom stereocenters. The highest BCUT2D eigenvalue weighted by molar-refractivity contribution is 14.1. The summed E-state index contributed by atoms with van der Waals surface area (Å²) in [5, 5.41) is 4.23. The first-order valence-corrected chi connectivity index (χ1v) is 7.29. The van der Waals surface area contributed by atoms with Crippen molar-refractivity contribution in [2.45, 2.75) is 0 Å². The molecule has 90 valence electrons. The first-order valence-electron chi connectivity index (χ1n) is 5.40. The van der Waals surface area contributed by atoms with Crippen LogP contribution in [0.15, 0.2) is 42.5 Å². The number of thiazole rings is 1. The number of hydrogen-bond donors (Lipinski definition) is 2. The summed E-state index contributed by atoms with van der Waals surface area (Å²) in [5.74, 6) is 0. The van der Waals surface area contributed by atoms with Crippen LogP contribution < -0.4 is 11.1 Å². The Balaban J connectivity index is 1.98. The van der Waals surface area contributed by atoms with E-state index in [9.17, 15) is 0 Å². The van der Waals surface area contributed by atoms with Gasteiger partial charge in [0.1, 0.15) is 0 Å². The zero-order chi connectivity index (χ0) is 12.5. The fraction of sp³-hybridized carbons (Fsp3) is 0. The van der Waals surface area contributed by atoms with Gasteiger partial charge in [-0.3, -0.25) is 0 Å². The minimum Gasteiger partial charge on any atom is -0.399 e. The van der Waals surface area contributed by atoms with E-state index in [1.54, 1.807) is 11.3 Å². The highest BCUT2D eigenvalue weighted by atomic mass is 127. The van der Waals surface area contributed by atoms with Crippen molar-refractivity contribution in [3.63, 3.8) is 0 Å². The van der Waals surface area contributed by atoms with E-state index in [2.05, 4.69) is 39.0 Å². The van der Waals surface area contributed by atoms with Gasteiger partial charge in [-0.2, -0.15) is 0 Å². The number of para-hydroxylation sites is 1. The number of fused-ring (bicyclic) bond motifs is 1. The van der Waals surface area contributed by atoms with Crippen LogP contribution in [0.5, 0.6) is 0 Å². The Bertz CT molecular complexity index is 708. The Hall–Kier alpha value is -1.34. The molecule has 0 radical (unpaired) electrons. The second kappa shape index (κ2) is 4.74. The summed E-state index contributed by atoms with van der Waals surface area (Å²) in [4.78, 5) is 4.54. The Labute approximate surface area is 122 Å². The summed E-state index contributed by atoms with van der Waals surface area (Å²) < 4.78 is 2.28. The van der Waals surface area contributed by atoms with Gasteiger partial charge in [0.15, 0.2) is 5.13 Å². The average molecular weight is 367 g/mol. The van der Waals surface area contributed by atoms with E-state index in [0.717, 1.165) is 26.7 Å². The maximum atomic E-state index is 5.77. The molecule has 2 aromatic carbocycles. The van der Waals surface area contributed by atoms with Gasteiger partial charge in [-0.15, -0.1) is 0 Å². The number of nitrogens with one attached hydrogen (secondary N) is 1. The van der Waals surface area contributed by atoms with Crippen LogP contribution in [0.2, 0.25) is 0 Å². The molecule has 18 heavy (non-hydrogen) atoms. The third-order valence-electron chi connectivity index (χ3n) is 2.53. The number of benzene rings is 2. The van der Waals surface area contributed by atoms with Crippen molar-refractivity contribution in [2.75, 3.05) is 11.1 Å². The van der Waals surface area contributed by atoms with E-state index in [0.29, 0.717) is 0 Å². The van der Waals surface area contributed by atoms with Crippen molar-refractivity contribution in [3.05, 3.63) is 46.0 Å². The number of aromatic nitrogens is 1. The third-order valence-corrected chi connectivity index (χ3v) is 4.40. The largest absolute Gasteiger partial charge is 0.399 e. The van der Waals surface area contributed by atoms with Crippen molar-refractivity contribution in [2.24, 2.45) is 0 Å². The number of rotatable bonds is 2. The lowest BCUT2D eigenvalue weighted by molar-refractivity contribution is 1.43. The first-order chi connectivity index (χ1) is 8.72. The summed E-state index contributed by atoms with van der Waals surface area (Å²) in [6.45, 7) is 0. The molecule has 0 saturated heterocycles. The molecule has 3 N–H and O–H groups in total. The number of anilines is 3. The van der Waals surface area contributed by atoms with Gasteiger partial charge in [0.05, 0.1) is 15.9 Å². The Morgan fingerprint density at radius 1 is 1.17 bits per heavy atom. The number of nitrogen functional groups attached to an aromatic ring is 1. The van der Waals surface area contributed by atoms with Crippen LogP contribution in [0.4, 0.5) is 16.5 Å². The van der Waals surface area contributed by atoms with E-state index < -0.39 is 0 Å². The lowest BCUT2D eigenvalue weighted by atomic mass is 10.3. The molecule has 0 amide bonds. The molecular weight excluding hydrogens is 357 g/mol. The molecule has 3 aromatic rings. The standard InChI is InChI=1S/C13H10IN3S/c14-9-3-1-2-4-10(9)16-13-17-11-6-5-8(15)7-12(11)18-13/h1-7H,15H2,(H,16,17). The highest BCUT2D eigenvalue weighted by Crippen LogP contribution is 2.30. The predicted octanol–water partition coefficient (Wildman–Crippen LogP) is 4.23. The monoisotopic (exact) mass is 367 g/mol. The van der Waals surface area contributed by atoms with Crippen LogP contribution in [0.3, 0.4) is 0 Å². The van der Waals surface area contributed by atoms with Gasteiger partial charge < -0.3 is 11.1 Å². The van der Waals surface area contributed by atoms with Gasteiger partial charge in [0, 0.05) is 9.26 Å². The minimum absolute atomic E-state index is 0.770. The maximum absolute atomic E-state index is 5.77. The fourth-order valence-electron chi connectivity index (χ4n) is 1.67. The van der Waals surface area contributed by atoms with Crippen molar-refractivity contribution < 1.29 is 0 Å². The molecular formula is C13H10IN3S. The molecule has 0 aliphatic carbocycles. The molecule has 0 bridgehead atoms. The SMILES string of the molecule is Nc1ccc2nc(Nc3ccccc3I)sc2c1. The smallest absolute Gasteiger partial charge is 0.188 e. The van der Waals surface area contributed by atoms with Crippen LogP contribution in [0.25, 0.3) is 10.2 Å². The van der Waals surface area contributed by atoms with Crippen molar-refractivity contribution in [1.29, 1.82) is 0 Å². The fourth-order valence-corrected chi connectivity index (χ4v) is 3.12. The van der Waals surface area contributed by atoms with Crippen molar-refractivity contribution in [3.8, 4) is 0 Å². The van der Waals surface area contributed by atoms with Gasteiger partial charge in [-0.25, -0.2) is 4.98 Å². The summed E-state index contributed by atoms with van der Waals surface area (Å²) in [5.41, 5.74) is 8.59. The van der Waals surface area contributed by atoms with Crippen molar-refractivity contribution in [1.82, 2.24) is 4.98 Å². The minimum atomic E-state index is 0.770. The third kappa shape index (κ3) is 2.28. The van der Waals surface area contributed by atoms with Crippen LogP contribution in [0.1, 0.15) is 0 Å². The maximum Gasteiger partial charge on any atom is 0.188 e. The summed E-state index contributed by atoms with van der Waals surface area (Å²) >= 11 is 3.91. The highest BCUT2D eigenvalue weighted by Gasteiger charge is 2.05. The van der Waals surface area contributed by atoms with Gasteiger partial charge >= 0.3 is 0 Å². The number of halogens is 1. The topological polar surface area (TPSA) is 50.9 Å². The molecule has 3 nitrogen and oxygen atoms in total. The molecule has 3 rings (SSSR count). The normalized spacial score (nSPS) is 10.7. The molecule has 1 aromatic heterocycles. The lowest BCUT2D eigenvalue weighted by Crippen LogP contribution is -1.91. The van der Waals surface area contributed by atoms with E-state index in [1.807, 2.05) is 36.4 Å². The number of nitrogens with two attached hydrogens (primary N) is 1. The van der Waals surface area contributed by atoms with Crippen LogP contribution in [-0.4, -0.2) is 4.98 Å². The van der Waals surface area contributed by atoms with Crippen LogP contribution in [0, 0.1) is 3.57 Å². The first kappa shape index (κ1) is 11.7. The quantitative estimate of drug-likeness (QED) is 0.527. The lowest BCUT2D eigenvalue weighted by Gasteiger charge is -2.03. The van der Waals surface area contributed by atoms with Gasteiger partial charge in [-0.1, -0.05) is 23.5 Å². The molecule has 0 saturated carbocycles. The molecule has 0 spiro atoms. The molecule has 0 unspecified atom stereocenters. The molecule has 0 aliphatic heterocycles. The predicted molar refractivity (Wildman–Crippen MR) is 86.5 cm³/mol. The van der Waals surface area contributed by atoms with E-state index in [-0.39, 0.29) is 0 Å². The van der Waals surface area contributed by atoms with Gasteiger partial charge in [-0.05, 0) is 52.9 Å². The van der Waals surface area contributed by atoms with Crippen LogP contribution >= 0.6 is 33.9 Å². The van der Waals surface area contributed by atoms with Crippen LogP contribution in [-0.2, 0) is 0 Å². The molecule has 1 heterocycles. The molecule has 5 heteroatoms. The number of nitrogens with zero attached hydrogens (tertiary/aromatic N) is 1. The summed E-state index contributed by atoms with van der Waals surface area (Å²) in [6, 6.07) is 13.9. The second-order valence-electron chi connectivity index (χ2n) is 3.85. The molecule has 0 aliphatic rings. The van der Waals surface area contributed by atoms with Gasteiger partial charge in [0.2, 0.25) is 0 Å². The second-order valence-corrected chi connectivity index (χ2v) is 6.04. The Morgan fingerprint density at radius 3 is 2.83 bits per heavy atom. The molecule has 0 fully saturated rings. The van der Waals surface area contributed by atoms with Crippen molar-refractivity contribution >= 4 is 60.7 Å². The summed E-state index contributed by atoms with van der Waals surface area (Å²) in [6.07, 6.45) is 0. The van der Waals surface area contributed by atoms with E-state index in [1.165, 1.54) is 3.57 Å². The van der Waals surface area contributed by atoms with Gasteiger partial charge in [0.25, 0.3) is 0 Å². The number of hydrogen-bond acceptors (Lipinski definition) is 4. The summed E-state index contributed by atoms with van der Waals surface area (Å²) in [7, 11) is 0.